The Morgan fingerprint density at radius 3 is 2.67 bits per heavy atom. The Balaban J connectivity index is 3.09. The van der Waals surface area contributed by atoms with E-state index in [1.165, 1.54) is 11.8 Å². The number of hydrogen-bond donors (Lipinski definition) is 1. The number of hydrogen-bond acceptors (Lipinski definition) is 5. The van der Waals surface area contributed by atoms with E-state index < -0.39 is 0 Å². The van der Waals surface area contributed by atoms with Crippen molar-refractivity contribution < 1.29 is 5.11 Å². The van der Waals surface area contributed by atoms with Crippen molar-refractivity contribution >= 4 is 11.8 Å². The van der Waals surface area contributed by atoms with E-state index in [4.69, 9.17) is 10.4 Å². The normalized spacial score (nSPS) is 12.2. The SMILES string of the molecule is Cc1nnc(SC(C)CO)c(C#N)c1C. The molecule has 1 unspecified atom stereocenters. The van der Waals surface area contributed by atoms with Crippen LogP contribution in [0.3, 0.4) is 0 Å². The van der Waals surface area contributed by atoms with Crippen molar-refractivity contribution in [2.45, 2.75) is 31.0 Å². The first kappa shape index (κ1) is 12.0. The summed E-state index contributed by atoms with van der Waals surface area (Å²) in [6.45, 7) is 5.62. The molecule has 1 aromatic rings. The summed E-state index contributed by atoms with van der Waals surface area (Å²) in [5.41, 5.74) is 2.19. The van der Waals surface area contributed by atoms with Gasteiger partial charge in [0.15, 0.2) is 0 Å². The van der Waals surface area contributed by atoms with Gasteiger partial charge in [-0.15, -0.1) is 5.10 Å². The number of nitrogens with zero attached hydrogens (tertiary/aromatic N) is 3. The summed E-state index contributed by atoms with van der Waals surface area (Å²) in [5.74, 6) is 0. The highest BCUT2D eigenvalue weighted by Crippen LogP contribution is 2.26. The minimum Gasteiger partial charge on any atom is -0.395 e. The second-order valence-electron chi connectivity index (χ2n) is 3.31. The van der Waals surface area contributed by atoms with Gasteiger partial charge in [-0.25, -0.2) is 0 Å². The molecule has 15 heavy (non-hydrogen) atoms. The topological polar surface area (TPSA) is 69.8 Å². The van der Waals surface area contributed by atoms with Gasteiger partial charge >= 0.3 is 0 Å². The molecule has 1 N–H and O–H groups in total. The zero-order valence-corrected chi connectivity index (χ0v) is 9.80. The quantitative estimate of drug-likeness (QED) is 0.785. The Morgan fingerprint density at radius 1 is 1.47 bits per heavy atom. The van der Waals surface area contributed by atoms with Crippen molar-refractivity contribution in [2.24, 2.45) is 0 Å². The first-order valence-corrected chi connectivity index (χ1v) is 5.49. The third-order valence-electron chi connectivity index (χ3n) is 2.10. The lowest BCUT2D eigenvalue weighted by Crippen LogP contribution is -2.06. The molecule has 1 rings (SSSR count). The first-order valence-electron chi connectivity index (χ1n) is 4.61. The van der Waals surface area contributed by atoms with Crippen molar-refractivity contribution in [2.75, 3.05) is 6.61 Å². The number of aryl methyl sites for hydroxylation is 1. The predicted molar refractivity (Wildman–Crippen MR) is 58.6 cm³/mol. The molecule has 0 aliphatic carbocycles. The second kappa shape index (κ2) is 5.10. The lowest BCUT2D eigenvalue weighted by atomic mass is 10.1. The Hall–Kier alpha value is -1.12. The summed E-state index contributed by atoms with van der Waals surface area (Å²) < 4.78 is 0. The van der Waals surface area contributed by atoms with Crippen LogP contribution >= 0.6 is 11.8 Å². The number of aliphatic hydroxyl groups excluding tert-OH is 1. The standard InChI is InChI=1S/C10H13N3OS/c1-6(5-14)15-10-9(4-11)7(2)8(3)12-13-10/h6,14H,5H2,1-3H3. The number of nitriles is 1. The molecule has 0 radical (unpaired) electrons. The fourth-order valence-electron chi connectivity index (χ4n) is 1.03. The van der Waals surface area contributed by atoms with Crippen molar-refractivity contribution in [3.63, 3.8) is 0 Å². The first-order chi connectivity index (χ1) is 7.10. The van der Waals surface area contributed by atoms with Crippen LogP contribution in [0.4, 0.5) is 0 Å². The molecule has 0 aliphatic rings. The molecular weight excluding hydrogens is 210 g/mol. The van der Waals surface area contributed by atoms with E-state index in [2.05, 4.69) is 16.3 Å². The molecule has 0 amide bonds. The summed E-state index contributed by atoms with van der Waals surface area (Å²) in [6, 6.07) is 2.13. The van der Waals surface area contributed by atoms with E-state index in [1.807, 2.05) is 20.8 Å². The average Bonchev–Trinajstić information content (AvgIpc) is 2.24. The molecule has 0 fully saturated rings. The van der Waals surface area contributed by atoms with Gasteiger partial charge in [-0.3, -0.25) is 0 Å². The summed E-state index contributed by atoms with van der Waals surface area (Å²) in [7, 11) is 0. The van der Waals surface area contributed by atoms with Gasteiger partial charge in [0.05, 0.1) is 17.9 Å². The van der Waals surface area contributed by atoms with Gasteiger partial charge in [-0.1, -0.05) is 18.7 Å². The molecule has 0 bridgehead atoms. The lowest BCUT2D eigenvalue weighted by molar-refractivity contribution is 0.300. The fourth-order valence-corrected chi connectivity index (χ4v) is 1.89. The number of aliphatic hydroxyl groups is 1. The average molecular weight is 223 g/mol. The highest BCUT2D eigenvalue weighted by atomic mass is 32.2. The fraction of sp³-hybridized carbons (Fsp3) is 0.500. The van der Waals surface area contributed by atoms with Crippen molar-refractivity contribution in [3.05, 3.63) is 16.8 Å². The van der Waals surface area contributed by atoms with Gasteiger partial charge in [0.2, 0.25) is 0 Å². The minimum atomic E-state index is 0.0218. The third-order valence-corrected chi connectivity index (χ3v) is 3.16. The molecular formula is C10H13N3OS. The van der Waals surface area contributed by atoms with Gasteiger partial charge in [-0.05, 0) is 19.4 Å². The van der Waals surface area contributed by atoms with Gasteiger partial charge in [0.1, 0.15) is 11.1 Å². The van der Waals surface area contributed by atoms with Gasteiger partial charge in [-0.2, -0.15) is 10.4 Å². The Kier molecular flexibility index (Phi) is 4.06. The Morgan fingerprint density at radius 2 is 2.13 bits per heavy atom. The molecule has 1 heterocycles. The van der Waals surface area contributed by atoms with Crippen molar-refractivity contribution in [1.82, 2.24) is 10.2 Å². The van der Waals surface area contributed by atoms with Crippen LogP contribution in [-0.4, -0.2) is 27.2 Å². The van der Waals surface area contributed by atoms with Gasteiger partial charge in [0.25, 0.3) is 0 Å². The van der Waals surface area contributed by atoms with Crippen LogP contribution in [0.2, 0.25) is 0 Å². The van der Waals surface area contributed by atoms with Crippen LogP contribution in [0.5, 0.6) is 0 Å². The molecule has 0 saturated carbocycles. The molecule has 1 aromatic heterocycles. The van der Waals surface area contributed by atoms with E-state index in [0.29, 0.717) is 10.6 Å². The van der Waals surface area contributed by atoms with Gasteiger partial charge in [0, 0.05) is 5.25 Å². The van der Waals surface area contributed by atoms with E-state index in [0.717, 1.165) is 11.3 Å². The monoisotopic (exact) mass is 223 g/mol. The number of rotatable bonds is 3. The maximum absolute atomic E-state index is 9.02. The zero-order valence-electron chi connectivity index (χ0n) is 8.98. The maximum atomic E-state index is 9.02. The highest BCUT2D eigenvalue weighted by molar-refractivity contribution is 7.99. The minimum absolute atomic E-state index is 0.0218. The molecule has 0 saturated heterocycles. The third kappa shape index (κ3) is 2.67. The molecule has 1 atom stereocenters. The van der Waals surface area contributed by atoms with Crippen molar-refractivity contribution in [3.8, 4) is 6.07 Å². The number of thioether (sulfide) groups is 1. The highest BCUT2D eigenvalue weighted by Gasteiger charge is 2.13. The summed E-state index contributed by atoms with van der Waals surface area (Å²) in [5, 5.41) is 26.5. The Labute approximate surface area is 93.3 Å². The summed E-state index contributed by atoms with van der Waals surface area (Å²) in [6.07, 6.45) is 0. The number of aromatic nitrogens is 2. The largest absolute Gasteiger partial charge is 0.395 e. The summed E-state index contributed by atoms with van der Waals surface area (Å²) >= 11 is 1.37. The van der Waals surface area contributed by atoms with E-state index >= 15 is 0 Å². The molecule has 80 valence electrons. The zero-order chi connectivity index (χ0) is 11.4. The molecule has 0 spiro atoms. The van der Waals surface area contributed by atoms with Crippen LogP contribution in [0.25, 0.3) is 0 Å². The van der Waals surface area contributed by atoms with E-state index in [9.17, 15) is 0 Å². The summed E-state index contributed by atoms with van der Waals surface area (Å²) in [4.78, 5) is 0. The molecule has 4 nitrogen and oxygen atoms in total. The van der Waals surface area contributed by atoms with E-state index in [-0.39, 0.29) is 11.9 Å². The second-order valence-corrected chi connectivity index (χ2v) is 4.74. The molecule has 0 aliphatic heterocycles. The molecule has 5 heteroatoms. The van der Waals surface area contributed by atoms with Crippen LogP contribution in [-0.2, 0) is 0 Å². The Bertz CT molecular complexity index is 400. The molecule has 0 aromatic carbocycles. The lowest BCUT2D eigenvalue weighted by Gasteiger charge is -2.09. The van der Waals surface area contributed by atoms with E-state index in [1.54, 1.807) is 0 Å². The van der Waals surface area contributed by atoms with Crippen molar-refractivity contribution in [1.29, 1.82) is 5.26 Å². The maximum Gasteiger partial charge on any atom is 0.137 e. The van der Waals surface area contributed by atoms with Crippen LogP contribution < -0.4 is 0 Å². The predicted octanol–water partition coefficient (Wildman–Crippen LogP) is 1.44. The van der Waals surface area contributed by atoms with Gasteiger partial charge < -0.3 is 5.11 Å². The van der Waals surface area contributed by atoms with Crippen LogP contribution in [0.1, 0.15) is 23.7 Å². The van der Waals surface area contributed by atoms with Crippen LogP contribution in [0, 0.1) is 25.2 Å². The smallest absolute Gasteiger partial charge is 0.137 e. The van der Waals surface area contributed by atoms with Crippen LogP contribution in [0.15, 0.2) is 5.03 Å².